The summed E-state index contributed by atoms with van der Waals surface area (Å²) in [6, 6.07) is 0. The first kappa shape index (κ1) is 16.3. The van der Waals surface area contributed by atoms with E-state index >= 15 is 0 Å². The summed E-state index contributed by atoms with van der Waals surface area (Å²) in [6.07, 6.45) is 3.89. The van der Waals surface area contributed by atoms with Crippen molar-refractivity contribution in [2.45, 2.75) is 58.5 Å². The minimum Gasteiger partial charge on any atom is -0.419 e. The van der Waals surface area contributed by atoms with Gasteiger partial charge in [0.25, 0.3) is 5.91 Å². The van der Waals surface area contributed by atoms with Gasteiger partial charge in [-0.25, -0.2) is 0 Å². The van der Waals surface area contributed by atoms with E-state index in [2.05, 4.69) is 0 Å². The molecule has 1 fully saturated rings. The van der Waals surface area contributed by atoms with Gasteiger partial charge in [-0.1, -0.05) is 13.3 Å². The minimum absolute atomic E-state index is 0.0471. The Morgan fingerprint density at radius 2 is 2.12 bits per heavy atom. The first-order valence-electron chi connectivity index (χ1n) is 5.84. The Kier molecular flexibility index (Phi) is 7.29. The molecule has 0 saturated carbocycles. The van der Waals surface area contributed by atoms with Crippen molar-refractivity contribution in [3.05, 3.63) is 0 Å². The highest BCUT2D eigenvalue weighted by Crippen LogP contribution is 2.32. The molecule has 0 bridgehead atoms. The fourth-order valence-corrected chi connectivity index (χ4v) is 2.14. The maximum Gasteiger partial charge on any atom is 0.306 e. The summed E-state index contributed by atoms with van der Waals surface area (Å²) in [5, 5.41) is 12.0. The molecule has 0 radical (unpaired) electrons. The number of hydrogen-bond acceptors (Lipinski definition) is 6. The van der Waals surface area contributed by atoms with Crippen LogP contribution in [0.15, 0.2) is 0 Å². The SMILES string of the molecule is CCC1CCCC(C)OC1(N)OC(C)=O.OO. The van der Waals surface area contributed by atoms with Gasteiger partial charge in [0, 0.05) is 12.8 Å². The predicted octanol–water partition coefficient (Wildman–Crippen LogP) is 1.79. The van der Waals surface area contributed by atoms with Crippen molar-refractivity contribution in [1.82, 2.24) is 0 Å². The van der Waals surface area contributed by atoms with Gasteiger partial charge in [-0.15, -0.1) is 0 Å². The van der Waals surface area contributed by atoms with Crippen LogP contribution in [-0.4, -0.2) is 28.5 Å². The third-order valence-electron chi connectivity index (χ3n) is 2.91. The molecule has 6 nitrogen and oxygen atoms in total. The maximum atomic E-state index is 11.0. The zero-order valence-electron chi connectivity index (χ0n) is 10.7. The van der Waals surface area contributed by atoms with Crippen LogP contribution >= 0.6 is 0 Å². The lowest BCUT2D eigenvalue weighted by Crippen LogP contribution is -2.53. The van der Waals surface area contributed by atoms with Crippen LogP contribution in [0, 0.1) is 5.92 Å². The van der Waals surface area contributed by atoms with Crippen molar-refractivity contribution >= 4 is 5.97 Å². The second-order valence-electron chi connectivity index (χ2n) is 4.28. The predicted molar refractivity (Wildman–Crippen MR) is 62.1 cm³/mol. The largest absolute Gasteiger partial charge is 0.419 e. The van der Waals surface area contributed by atoms with Crippen molar-refractivity contribution in [3.63, 3.8) is 0 Å². The van der Waals surface area contributed by atoms with Crippen LogP contribution in [0.4, 0.5) is 0 Å². The van der Waals surface area contributed by atoms with Gasteiger partial charge in [-0.2, -0.15) is 0 Å². The molecule has 1 rings (SSSR count). The molecule has 0 spiro atoms. The van der Waals surface area contributed by atoms with Crippen LogP contribution in [0.5, 0.6) is 0 Å². The molecule has 1 aliphatic heterocycles. The Morgan fingerprint density at radius 1 is 1.53 bits per heavy atom. The number of esters is 1. The van der Waals surface area contributed by atoms with E-state index in [0.717, 1.165) is 25.7 Å². The fraction of sp³-hybridized carbons (Fsp3) is 0.909. The Hall–Kier alpha value is -0.690. The zero-order valence-corrected chi connectivity index (χ0v) is 10.7. The molecule has 17 heavy (non-hydrogen) atoms. The van der Waals surface area contributed by atoms with E-state index in [1.165, 1.54) is 6.92 Å². The van der Waals surface area contributed by atoms with Crippen molar-refractivity contribution in [3.8, 4) is 0 Å². The van der Waals surface area contributed by atoms with Gasteiger partial charge < -0.3 is 9.47 Å². The molecule has 4 N–H and O–H groups in total. The third-order valence-corrected chi connectivity index (χ3v) is 2.91. The second kappa shape index (κ2) is 7.60. The van der Waals surface area contributed by atoms with Crippen LogP contribution in [0.3, 0.4) is 0 Å². The first-order chi connectivity index (χ1) is 7.98. The molecule has 1 heterocycles. The van der Waals surface area contributed by atoms with Crippen LogP contribution in [0.1, 0.15) is 46.5 Å². The Labute approximate surface area is 102 Å². The maximum absolute atomic E-state index is 11.0. The van der Waals surface area contributed by atoms with Gasteiger partial charge in [0.1, 0.15) is 0 Å². The Bertz CT molecular complexity index is 236. The monoisotopic (exact) mass is 249 g/mol. The number of nitrogens with two attached hydrogens (primary N) is 1. The molecule has 1 aliphatic rings. The first-order valence-corrected chi connectivity index (χ1v) is 5.84. The van der Waals surface area contributed by atoms with Gasteiger partial charge in [0.15, 0.2) is 0 Å². The van der Waals surface area contributed by atoms with Crippen molar-refractivity contribution in [2.75, 3.05) is 0 Å². The number of carbonyl (C=O) groups is 1. The van der Waals surface area contributed by atoms with E-state index in [-0.39, 0.29) is 18.0 Å². The summed E-state index contributed by atoms with van der Waals surface area (Å²) in [5.41, 5.74) is 6.04. The van der Waals surface area contributed by atoms with Gasteiger partial charge in [0.2, 0.25) is 0 Å². The van der Waals surface area contributed by atoms with Crippen molar-refractivity contribution in [2.24, 2.45) is 11.7 Å². The molecular formula is C11H23NO5. The Balaban J connectivity index is 0.00000121. The lowest BCUT2D eigenvalue weighted by atomic mass is 9.96. The highest BCUT2D eigenvalue weighted by molar-refractivity contribution is 5.66. The molecule has 0 amide bonds. The molecule has 0 aromatic carbocycles. The fourth-order valence-electron chi connectivity index (χ4n) is 2.14. The molecular weight excluding hydrogens is 226 g/mol. The average Bonchev–Trinajstić information content (AvgIpc) is 2.38. The summed E-state index contributed by atoms with van der Waals surface area (Å²) in [5.74, 6) is -1.52. The van der Waals surface area contributed by atoms with E-state index in [4.69, 9.17) is 25.7 Å². The van der Waals surface area contributed by atoms with Gasteiger partial charge in [-0.05, 0) is 26.2 Å². The normalized spacial score (nSPS) is 33.1. The van der Waals surface area contributed by atoms with E-state index in [0.29, 0.717) is 0 Å². The number of hydrogen-bond donors (Lipinski definition) is 3. The van der Waals surface area contributed by atoms with Crippen LogP contribution in [-0.2, 0) is 14.3 Å². The zero-order chi connectivity index (χ0) is 13.5. The molecule has 0 aromatic rings. The van der Waals surface area contributed by atoms with E-state index in [1.54, 1.807) is 0 Å². The van der Waals surface area contributed by atoms with Crippen molar-refractivity contribution < 1.29 is 24.8 Å². The molecule has 1 saturated heterocycles. The molecule has 3 atom stereocenters. The van der Waals surface area contributed by atoms with E-state index < -0.39 is 5.91 Å². The van der Waals surface area contributed by atoms with Crippen LogP contribution in [0.25, 0.3) is 0 Å². The van der Waals surface area contributed by atoms with Gasteiger partial charge in [-0.3, -0.25) is 21.0 Å². The summed E-state index contributed by atoms with van der Waals surface area (Å²) in [6.45, 7) is 5.36. The van der Waals surface area contributed by atoms with Gasteiger partial charge in [0.05, 0.1) is 6.10 Å². The van der Waals surface area contributed by atoms with E-state index in [1.807, 2.05) is 13.8 Å². The van der Waals surface area contributed by atoms with E-state index in [9.17, 15) is 4.79 Å². The molecule has 6 heteroatoms. The quantitative estimate of drug-likeness (QED) is 0.298. The molecule has 3 unspecified atom stereocenters. The standard InChI is InChI=1S/C11H21NO3.H2O2/c1-4-10-7-5-6-8(2)14-11(10,12)15-9(3)13;1-2/h8,10H,4-7,12H2,1-3H3;1-2H. The molecule has 102 valence electrons. The number of ether oxygens (including phenoxy) is 2. The summed E-state index contributed by atoms with van der Waals surface area (Å²) in [7, 11) is 0. The Morgan fingerprint density at radius 3 is 2.59 bits per heavy atom. The number of rotatable bonds is 2. The van der Waals surface area contributed by atoms with Gasteiger partial charge >= 0.3 is 5.97 Å². The summed E-state index contributed by atoms with van der Waals surface area (Å²) in [4.78, 5) is 11.0. The third kappa shape index (κ3) is 4.99. The van der Waals surface area contributed by atoms with Crippen LogP contribution < -0.4 is 5.73 Å². The topological polar surface area (TPSA) is 102 Å². The molecule has 0 aliphatic carbocycles. The van der Waals surface area contributed by atoms with Crippen molar-refractivity contribution in [1.29, 1.82) is 0 Å². The lowest BCUT2D eigenvalue weighted by Gasteiger charge is -2.35. The highest BCUT2D eigenvalue weighted by Gasteiger charge is 2.41. The molecule has 0 aromatic heterocycles. The average molecular weight is 249 g/mol. The second-order valence-corrected chi connectivity index (χ2v) is 4.28. The van der Waals surface area contributed by atoms with Crippen LogP contribution in [0.2, 0.25) is 0 Å². The summed E-state index contributed by atoms with van der Waals surface area (Å²) < 4.78 is 10.8. The minimum atomic E-state index is -1.23. The highest BCUT2D eigenvalue weighted by atomic mass is 17.0. The number of carbonyl (C=O) groups excluding carboxylic acids is 1. The smallest absolute Gasteiger partial charge is 0.306 e. The lowest BCUT2D eigenvalue weighted by molar-refractivity contribution is -0.263. The summed E-state index contributed by atoms with van der Waals surface area (Å²) >= 11 is 0.